The Bertz CT molecular complexity index is 1120. The quantitative estimate of drug-likeness (QED) is 0.578. The molecule has 7 heteroatoms. The zero-order valence-corrected chi connectivity index (χ0v) is 19.2. The first-order valence-corrected chi connectivity index (χ1v) is 11.5. The molecule has 2 heterocycles. The van der Waals surface area contributed by atoms with E-state index in [1.54, 1.807) is 19.2 Å². The highest BCUT2D eigenvalue weighted by molar-refractivity contribution is 5.97. The Hall–Kier alpha value is -3.45. The largest absolute Gasteiger partial charge is 0.462 e. The number of benzene rings is 2. The number of carbonyl (C=O) groups is 2. The number of ether oxygens (including phenoxy) is 1. The Morgan fingerprint density at radius 1 is 1.03 bits per heavy atom. The molecule has 1 fully saturated rings. The minimum absolute atomic E-state index is 0.00403. The summed E-state index contributed by atoms with van der Waals surface area (Å²) in [5.41, 5.74) is 1.27. The molecule has 1 unspecified atom stereocenters. The van der Waals surface area contributed by atoms with Crippen LogP contribution in [0.5, 0.6) is 0 Å². The highest BCUT2D eigenvalue weighted by Crippen LogP contribution is 2.20. The molecular formula is C26H30N4O3. The molecule has 1 saturated heterocycles. The zero-order valence-electron chi connectivity index (χ0n) is 19.2. The third kappa shape index (κ3) is 5.49. The summed E-state index contributed by atoms with van der Waals surface area (Å²) in [4.78, 5) is 33.7. The molecule has 1 aliphatic heterocycles. The van der Waals surface area contributed by atoms with Gasteiger partial charge in [-0.25, -0.2) is 9.78 Å². The van der Waals surface area contributed by atoms with Gasteiger partial charge in [-0.05, 0) is 55.3 Å². The van der Waals surface area contributed by atoms with Crippen LogP contribution in [0.1, 0.15) is 30.6 Å². The van der Waals surface area contributed by atoms with Gasteiger partial charge in [0.1, 0.15) is 5.82 Å². The molecule has 172 valence electrons. The van der Waals surface area contributed by atoms with E-state index < -0.39 is 0 Å². The van der Waals surface area contributed by atoms with E-state index in [0.29, 0.717) is 12.2 Å². The number of pyridine rings is 1. The summed E-state index contributed by atoms with van der Waals surface area (Å²) in [7, 11) is 0. The number of fused-ring (bicyclic) bond motifs is 1. The second-order valence-electron chi connectivity index (χ2n) is 8.23. The van der Waals surface area contributed by atoms with E-state index in [0.717, 1.165) is 54.9 Å². The van der Waals surface area contributed by atoms with Crippen molar-refractivity contribution in [2.45, 2.75) is 26.3 Å². The molecule has 1 N–H and O–H groups in total. The predicted molar refractivity (Wildman–Crippen MR) is 131 cm³/mol. The van der Waals surface area contributed by atoms with Gasteiger partial charge in [0.25, 0.3) is 0 Å². The van der Waals surface area contributed by atoms with E-state index >= 15 is 0 Å². The van der Waals surface area contributed by atoms with Gasteiger partial charge in [-0.2, -0.15) is 0 Å². The Labute approximate surface area is 194 Å². The van der Waals surface area contributed by atoms with Crippen LogP contribution in [0.15, 0.2) is 60.8 Å². The standard InChI is InChI=1S/C26H30N4O3/c1-3-33-26(32)22-10-12-24(27-18-22)30-14-6-13-29(15-16-30)19(2)25(31)28-23-11-9-20-7-4-5-8-21(20)17-23/h4-5,7-12,17-19H,3,6,13-16H2,1-2H3,(H,28,31). The maximum atomic E-state index is 12.9. The highest BCUT2D eigenvalue weighted by atomic mass is 16.5. The Kier molecular flexibility index (Phi) is 7.19. The van der Waals surface area contributed by atoms with Crippen LogP contribution >= 0.6 is 0 Å². The van der Waals surface area contributed by atoms with Crippen LogP contribution in [-0.4, -0.2) is 60.6 Å². The van der Waals surface area contributed by atoms with Crippen molar-refractivity contribution in [3.63, 3.8) is 0 Å². The lowest BCUT2D eigenvalue weighted by atomic mass is 10.1. The SMILES string of the molecule is CCOC(=O)c1ccc(N2CCCN(C(C)C(=O)Nc3ccc4ccccc4c3)CC2)nc1. The fraction of sp³-hybridized carbons (Fsp3) is 0.346. The zero-order chi connectivity index (χ0) is 23.2. The van der Waals surface area contributed by atoms with Gasteiger partial charge in [-0.3, -0.25) is 9.69 Å². The van der Waals surface area contributed by atoms with Crippen molar-refractivity contribution in [2.24, 2.45) is 0 Å². The number of hydrogen-bond donors (Lipinski definition) is 1. The Morgan fingerprint density at radius 3 is 2.61 bits per heavy atom. The van der Waals surface area contributed by atoms with Crippen molar-refractivity contribution in [3.8, 4) is 0 Å². The molecule has 3 aromatic rings. The first-order valence-electron chi connectivity index (χ1n) is 11.5. The molecule has 33 heavy (non-hydrogen) atoms. The van der Waals surface area contributed by atoms with Crippen molar-refractivity contribution in [3.05, 3.63) is 66.4 Å². The van der Waals surface area contributed by atoms with Gasteiger partial charge >= 0.3 is 5.97 Å². The number of esters is 1. The van der Waals surface area contributed by atoms with Crippen LogP contribution in [0.3, 0.4) is 0 Å². The lowest BCUT2D eigenvalue weighted by molar-refractivity contribution is -0.120. The normalized spacial score (nSPS) is 15.6. The molecule has 4 rings (SSSR count). The summed E-state index contributed by atoms with van der Waals surface area (Å²) in [6.45, 7) is 7.29. The van der Waals surface area contributed by atoms with Gasteiger partial charge in [0.05, 0.1) is 18.2 Å². The van der Waals surface area contributed by atoms with Crippen LogP contribution in [0.25, 0.3) is 10.8 Å². The number of aromatic nitrogens is 1. The van der Waals surface area contributed by atoms with Crippen LogP contribution in [-0.2, 0) is 9.53 Å². The predicted octanol–water partition coefficient (Wildman–Crippen LogP) is 3.95. The molecule has 0 saturated carbocycles. The van der Waals surface area contributed by atoms with Crippen molar-refractivity contribution < 1.29 is 14.3 Å². The second kappa shape index (κ2) is 10.4. The Balaban J connectivity index is 1.35. The minimum atomic E-state index is -0.357. The molecule has 0 bridgehead atoms. The third-order valence-electron chi connectivity index (χ3n) is 6.06. The number of hydrogen-bond acceptors (Lipinski definition) is 6. The summed E-state index contributed by atoms with van der Waals surface area (Å²) in [6, 6.07) is 17.5. The van der Waals surface area contributed by atoms with E-state index in [1.807, 2.05) is 49.4 Å². The number of nitrogens with one attached hydrogen (secondary N) is 1. The summed E-state index contributed by atoms with van der Waals surface area (Å²) in [5, 5.41) is 5.33. The van der Waals surface area contributed by atoms with Crippen molar-refractivity contribution >= 4 is 34.2 Å². The number of nitrogens with zero attached hydrogens (tertiary/aromatic N) is 3. The average molecular weight is 447 g/mol. The molecule has 0 radical (unpaired) electrons. The molecule has 1 amide bonds. The van der Waals surface area contributed by atoms with Crippen LogP contribution in [0.2, 0.25) is 0 Å². The topological polar surface area (TPSA) is 74.8 Å². The maximum absolute atomic E-state index is 12.9. The van der Waals surface area contributed by atoms with Crippen molar-refractivity contribution in [2.75, 3.05) is 43.0 Å². The van der Waals surface area contributed by atoms with Crippen LogP contribution < -0.4 is 10.2 Å². The summed E-state index contributed by atoms with van der Waals surface area (Å²) >= 11 is 0. The fourth-order valence-corrected chi connectivity index (χ4v) is 4.14. The van der Waals surface area contributed by atoms with Crippen molar-refractivity contribution in [1.82, 2.24) is 9.88 Å². The Morgan fingerprint density at radius 2 is 1.85 bits per heavy atom. The molecule has 7 nitrogen and oxygen atoms in total. The molecule has 1 atom stereocenters. The van der Waals surface area contributed by atoms with Gasteiger partial charge in [0.2, 0.25) is 5.91 Å². The first kappa shape index (κ1) is 22.7. The summed E-state index contributed by atoms with van der Waals surface area (Å²) < 4.78 is 5.02. The molecule has 0 aliphatic carbocycles. The smallest absolute Gasteiger partial charge is 0.339 e. The van der Waals surface area contributed by atoms with Gasteiger partial charge in [0, 0.05) is 38.1 Å². The maximum Gasteiger partial charge on any atom is 0.339 e. The van der Waals surface area contributed by atoms with E-state index in [9.17, 15) is 9.59 Å². The molecule has 2 aromatic carbocycles. The fourth-order valence-electron chi connectivity index (χ4n) is 4.14. The molecular weight excluding hydrogens is 416 g/mol. The molecule has 1 aliphatic rings. The highest BCUT2D eigenvalue weighted by Gasteiger charge is 2.24. The number of anilines is 2. The molecule has 1 aromatic heterocycles. The van der Waals surface area contributed by atoms with Crippen LogP contribution in [0, 0.1) is 0 Å². The van der Waals surface area contributed by atoms with Crippen molar-refractivity contribution in [1.29, 1.82) is 0 Å². The van der Waals surface area contributed by atoms with Gasteiger partial charge in [-0.15, -0.1) is 0 Å². The lowest BCUT2D eigenvalue weighted by Gasteiger charge is -2.27. The summed E-state index contributed by atoms with van der Waals surface area (Å²) in [5.74, 6) is 0.471. The van der Waals surface area contributed by atoms with Gasteiger partial charge in [0.15, 0.2) is 0 Å². The number of rotatable bonds is 6. The number of carbonyl (C=O) groups excluding carboxylic acids is 2. The van der Waals surface area contributed by atoms with Gasteiger partial charge < -0.3 is 15.0 Å². The minimum Gasteiger partial charge on any atom is -0.462 e. The van der Waals surface area contributed by atoms with E-state index in [1.165, 1.54) is 0 Å². The van der Waals surface area contributed by atoms with E-state index in [-0.39, 0.29) is 17.9 Å². The molecule has 0 spiro atoms. The first-order chi connectivity index (χ1) is 16.0. The third-order valence-corrected chi connectivity index (χ3v) is 6.06. The van der Waals surface area contributed by atoms with Gasteiger partial charge in [-0.1, -0.05) is 30.3 Å². The van der Waals surface area contributed by atoms with E-state index in [2.05, 4.69) is 26.2 Å². The summed E-state index contributed by atoms with van der Waals surface area (Å²) in [6.07, 6.45) is 2.49. The average Bonchev–Trinajstić information content (AvgIpc) is 3.10. The number of amides is 1. The van der Waals surface area contributed by atoms with Crippen LogP contribution in [0.4, 0.5) is 11.5 Å². The lowest BCUT2D eigenvalue weighted by Crippen LogP contribution is -2.44. The monoisotopic (exact) mass is 446 g/mol. The second-order valence-corrected chi connectivity index (χ2v) is 8.23. The van der Waals surface area contributed by atoms with E-state index in [4.69, 9.17) is 4.74 Å².